The number of nitrogens with one attached hydrogen (secondary N) is 1. The van der Waals surface area contributed by atoms with Crippen LogP contribution in [-0.2, 0) is 10.0 Å². The van der Waals surface area contributed by atoms with E-state index in [-0.39, 0.29) is 15.8 Å². The molecule has 0 atom stereocenters. The lowest BCUT2D eigenvalue weighted by molar-refractivity contribution is 0.570. The van der Waals surface area contributed by atoms with E-state index in [1.807, 2.05) is 0 Å². The maximum absolute atomic E-state index is 13.8. The zero-order valence-corrected chi connectivity index (χ0v) is 13.1. The van der Waals surface area contributed by atoms with E-state index in [1.165, 1.54) is 12.1 Å². The standard InChI is InChI=1S/C12H9BrClFN2O2S/c13-9-5-10(15)12(6-11(9)16)20(18,19)17-8-3-1-2-7(14)4-8/h1-6,17H,16H2. The molecule has 0 aromatic heterocycles. The van der Waals surface area contributed by atoms with Gasteiger partial charge in [-0.3, -0.25) is 4.72 Å². The number of hydrogen-bond donors (Lipinski definition) is 2. The maximum atomic E-state index is 13.8. The van der Waals surface area contributed by atoms with Crippen molar-refractivity contribution < 1.29 is 12.8 Å². The third-order valence-corrected chi connectivity index (χ3v) is 4.74. The van der Waals surface area contributed by atoms with Crippen LogP contribution in [0.1, 0.15) is 0 Å². The molecular weight excluding hydrogens is 371 g/mol. The first-order valence-corrected chi connectivity index (χ1v) is 7.98. The van der Waals surface area contributed by atoms with Gasteiger partial charge in [0.2, 0.25) is 0 Å². The van der Waals surface area contributed by atoms with Gasteiger partial charge in [0, 0.05) is 15.2 Å². The highest BCUT2D eigenvalue weighted by Gasteiger charge is 2.21. The molecule has 0 aliphatic carbocycles. The van der Waals surface area contributed by atoms with Gasteiger partial charge in [-0.2, -0.15) is 0 Å². The summed E-state index contributed by atoms with van der Waals surface area (Å²) in [7, 11) is -4.08. The molecule has 4 nitrogen and oxygen atoms in total. The minimum Gasteiger partial charge on any atom is -0.398 e. The van der Waals surface area contributed by atoms with Crippen LogP contribution in [0.2, 0.25) is 5.02 Å². The number of halogens is 3. The summed E-state index contributed by atoms with van der Waals surface area (Å²) in [4.78, 5) is -0.529. The number of hydrogen-bond acceptors (Lipinski definition) is 3. The Hall–Kier alpha value is -1.31. The lowest BCUT2D eigenvalue weighted by atomic mass is 10.3. The summed E-state index contributed by atoms with van der Waals surface area (Å²) in [5.41, 5.74) is 5.93. The van der Waals surface area contributed by atoms with Crippen molar-refractivity contribution in [3.63, 3.8) is 0 Å². The molecule has 8 heteroatoms. The fourth-order valence-corrected chi connectivity index (χ4v) is 3.16. The second-order valence-corrected chi connectivity index (χ2v) is 6.86. The van der Waals surface area contributed by atoms with Crippen LogP contribution in [0.4, 0.5) is 15.8 Å². The second-order valence-electron chi connectivity index (χ2n) is 3.92. The van der Waals surface area contributed by atoms with Crippen molar-refractivity contribution in [2.24, 2.45) is 0 Å². The Bertz CT molecular complexity index is 768. The molecule has 20 heavy (non-hydrogen) atoms. The van der Waals surface area contributed by atoms with Crippen molar-refractivity contribution in [2.45, 2.75) is 4.90 Å². The predicted octanol–water partition coefficient (Wildman–Crippen LogP) is 3.62. The zero-order valence-electron chi connectivity index (χ0n) is 9.90. The van der Waals surface area contributed by atoms with E-state index in [9.17, 15) is 12.8 Å². The molecule has 0 radical (unpaired) electrons. The second kappa shape index (κ2) is 5.59. The smallest absolute Gasteiger partial charge is 0.264 e. The summed E-state index contributed by atoms with van der Waals surface area (Å²) in [6.07, 6.45) is 0. The van der Waals surface area contributed by atoms with Gasteiger partial charge < -0.3 is 5.73 Å². The Kier molecular flexibility index (Phi) is 4.22. The number of sulfonamides is 1. The molecule has 0 saturated carbocycles. The largest absolute Gasteiger partial charge is 0.398 e. The average molecular weight is 380 g/mol. The van der Waals surface area contributed by atoms with Crippen LogP contribution in [0.25, 0.3) is 0 Å². The molecule has 0 aliphatic heterocycles. The van der Waals surface area contributed by atoms with E-state index < -0.39 is 20.7 Å². The highest BCUT2D eigenvalue weighted by atomic mass is 79.9. The van der Waals surface area contributed by atoms with Gasteiger partial charge in [-0.25, -0.2) is 12.8 Å². The van der Waals surface area contributed by atoms with E-state index in [0.717, 1.165) is 12.1 Å². The van der Waals surface area contributed by atoms with Gasteiger partial charge in [-0.1, -0.05) is 17.7 Å². The van der Waals surface area contributed by atoms with Gasteiger partial charge in [0.05, 0.1) is 5.69 Å². The van der Waals surface area contributed by atoms with Crippen LogP contribution >= 0.6 is 27.5 Å². The molecule has 106 valence electrons. The molecule has 0 heterocycles. The molecule has 0 saturated heterocycles. The van der Waals surface area contributed by atoms with Gasteiger partial charge >= 0.3 is 0 Å². The Labute approximate surface area is 128 Å². The van der Waals surface area contributed by atoms with Crippen molar-refractivity contribution >= 4 is 48.9 Å². The van der Waals surface area contributed by atoms with Crippen molar-refractivity contribution in [3.8, 4) is 0 Å². The fraction of sp³-hybridized carbons (Fsp3) is 0. The lowest BCUT2D eigenvalue weighted by Gasteiger charge is -2.10. The highest BCUT2D eigenvalue weighted by molar-refractivity contribution is 9.10. The first-order chi connectivity index (χ1) is 9.29. The normalized spacial score (nSPS) is 11.3. The minimum absolute atomic E-state index is 0.123. The monoisotopic (exact) mass is 378 g/mol. The number of benzene rings is 2. The van der Waals surface area contributed by atoms with Crippen LogP contribution in [0.5, 0.6) is 0 Å². The molecule has 2 rings (SSSR count). The van der Waals surface area contributed by atoms with E-state index >= 15 is 0 Å². The van der Waals surface area contributed by atoms with Gasteiger partial charge in [0.1, 0.15) is 10.7 Å². The summed E-state index contributed by atoms with van der Waals surface area (Å²) < 4.78 is 40.6. The van der Waals surface area contributed by atoms with Crippen LogP contribution < -0.4 is 10.5 Å². The van der Waals surface area contributed by atoms with E-state index in [2.05, 4.69) is 20.7 Å². The van der Waals surface area contributed by atoms with E-state index in [4.69, 9.17) is 17.3 Å². The van der Waals surface area contributed by atoms with Crippen LogP contribution in [0.15, 0.2) is 45.8 Å². The maximum Gasteiger partial charge on any atom is 0.264 e. The van der Waals surface area contributed by atoms with Crippen LogP contribution in [0, 0.1) is 5.82 Å². The number of nitrogen functional groups attached to an aromatic ring is 1. The third-order valence-electron chi connectivity index (χ3n) is 2.42. The van der Waals surface area contributed by atoms with Gasteiger partial charge in [0.25, 0.3) is 10.0 Å². The summed E-state index contributed by atoms with van der Waals surface area (Å²) in [6, 6.07) is 8.14. The quantitative estimate of drug-likeness (QED) is 0.800. The molecule has 0 fully saturated rings. The van der Waals surface area contributed by atoms with Crippen molar-refractivity contribution in [3.05, 3.63) is 51.7 Å². The Morgan fingerprint density at radius 1 is 1.25 bits per heavy atom. The van der Waals surface area contributed by atoms with Gasteiger partial charge in [-0.05, 0) is 46.3 Å². The molecule has 0 bridgehead atoms. The lowest BCUT2D eigenvalue weighted by Crippen LogP contribution is -2.15. The molecular formula is C12H9BrClFN2O2S. The van der Waals surface area contributed by atoms with Gasteiger partial charge in [0.15, 0.2) is 0 Å². The Balaban J connectivity index is 2.43. The highest BCUT2D eigenvalue weighted by Crippen LogP contribution is 2.27. The molecule has 0 aliphatic rings. The molecule has 0 spiro atoms. The average Bonchev–Trinajstić information content (AvgIpc) is 2.33. The van der Waals surface area contributed by atoms with Crippen molar-refractivity contribution in [1.29, 1.82) is 0 Å². The van der Waals surface area contributed by atoms with Crippen molar-refractivity contribution in [2.75, 3.05) is 10.5 Å². The summed E-state index contributed by atoms with van der Waals surface area (Å²) >= 11 is 8.79. The van der Waals surface area contributed by atoms with E-state index in [0.29, 0.717) is 5.02 Å². The van der Waals surface area contributed by atoms with Gasteiger partial charge in [-0.15, -0.1) is 0 Å². The predicted molar refractivity (Wildman–Crippen MR) is 80.8 cm³/mol. The first kappa shape index (κ1) is 15.1. The zero-order chi connectivity index (χ0) is 14.9. The van der Waals surface area contributed by atoms with Crippen LogP contribution in [0.3, 0.4) is 0 Å². The minimum atomic E-state index is -4.08. The van der Waals surface area contributed by atoms with Crippen LogP contribution in [-0.4, -0.2) is 8.42 Å². The molecule has 2 aromatic carbocycles. The molecule has 3 N–H and O–H groups in total. The third kappa shape index (κ3) is 3.23. The molecule has 0 unspecified atom stereocenters. The first-order valence-electron chi connectivity index (χ1n) is 5.32. The topological polar surface area (TPSA) is 72.2 Å². The SMILES string of the molecule is Nc1cc(S(=O)(=O)Nc2cccc(Cl)c2)c(F)cc1Br. The summed E-state index contributed by atoms with van der Waals surface area (Å²) in [6.45, 7) is 0. The molecule has 2 aromatic rings. The van der Waals surface area contributed by atoms with Crippen molar-refractivity contribution in [1.82, 2.24) is 0 Å². The Morgan fingerprint density at radius 2 is 1.95 bits per heavy atom. The fourth-order valence-electron chi connectivity index (χ4n) is 1.51. The number of nitrogens with two attached hydrogens (primary N) is 1. The summed E-state index contributed by atoms with van der Waals surface area (Å²) in [5, 5.41) is 0.362. The number of anilines is 2. The number of rotatable bonds is 3. The summed E-state index contributed by atoms with van der Waals surface area (Å²) in [5.74, 6) is -0.902. The molecule has 0 amide bonds. The Morgan fingerprint density at radius 3 is 2.60 bits per heavy atom. The van der Waals surface area contributed by atoms with E-state index in [1.54, 1.807) is 12.1 Å².